The van der Waals surface area contributed by atoms with Crippen LogP contribution >= 0.6 is 12.4 Å². The van der Waals surface area contributed by atoms with Crippen molar-refractivity contribution < 1.29 is 9.53 Å². The Labute approximate surface area is 174 Å². The number of ether oxygens (including phenoxy) is 1. The number of hydrogen-bond donors (Lipinski definition) is 2. The molecule has 0 radical (unpaired) electrons. The zero-order chi connectivity index (χ0) is 18.9. The number of benzene rings is 2. The summed E-state index contributed by atoms with van der Waals surface area (Å²) >= 11 is 0. The van der Waals surface area contributed by atoms with Crippen molar-refractivity contribution in [2.45, 2.75) is 38.5 Å². The molecule has 1 aliphatic rings. The monoisotopic (exact) mass is 402 g/mol. The third-order valence-corrected chi connectivity index (χ3v) is 5.29. The summed E-state index contributed by atoms with van der Waals surface area (Å²) in [6.45, 7) is 2.64. The van der Waals surface area contributed by atoms with Crippen molar-refractivity contribution in [3.05, 3.63) is 54.1 Å². The second kappa shape index (κ2) is 11.7. The molecule has 0 unspecified atom stereocenters. The first-order chi connectivity index (χ1) is 13.2. The average Bonchev–Trinajstić information content (AvgIpc) is 2.97. The van der Waals surface area contributed by atoms with E-state index < -0.39 is 5.91 Å². The Kier molecular flexibility index (Phi) is 9.32. The molecule has 1 fully saturated rings. The summed E-state index contributed by atoms with van der Waals surface area (Å²) in [5.74, 6) is 1.29. The van der Waals surface area contributed by atoms with Crippen molar-refractivity contribution in [1.82, 2.24) is 5.32 Å². The van der Waals surface area contributed by atoms with Crippen LogP contribution in [0.25, 0.3) is 11.1 Å². The van der Waals surface area contributed by atoms with Gasteiger partial charge in [0.1, 0.15) is 12.4 Å². The molecule has 2 aromatic rings. The number of rotatable bonds is 8. The predicted molar refractivity (Wildman–Crippen MR) is 117 cm³/mol. The van der Waals surface area contributed by atoms with Gasteiger partial charge in [-0.1, -0.05) is 49.9 Å². The van der Waals surface area contributed by atoms with Gasteiger partial charge in [-0.2, -0.15) is 0 Å². The summed E-state index contributed by atoms with van der Waals surface area (Å²) in [6.07, 6.45) is 8.31. The number of carbonyl (C=O) groups excluding carboxylic acids is 1. The van der Waals surface area contributed by atoms with Crippen molar-refractivity contribution >= 4 is 18.3 Å². The largest absolute Gasteiger partial charge is 0.492 e. The molecule has 0 bridgehead atoms. The summed E-state index contributed by atoms with van der Waals surface area (Å²) in [4.78, 5) is 11.2. The fraction of sp³-hybridized carbons (Fsp3) is 0.435. The summed E-state index contributed by atoms with van der Waals surface area (Å²) in [6, 6.07) is 15.4. The first-order valence-corrected chi connectivity index (χ1v) is 10.1. The van der Waals surface area contributed by atoms with Gasteiger partial charge in [0.15, 0.2) is 0 Å². The third kappa shape index (κ3) is 6.84. The van der Waals surface area contributed by atoms with Crippen molar-refractivity contribution in [1.29, 1.82) is 0 Å². The van der Waals surface area contributed by atoms with Crippen LogP contribution in [-0.2, 0) is 0 Å². The van der Waals surface area contributed by atoms with Gasteiger partial charge in [-0.25, -0.2) is 0 Å². The first kappa shape index (κ1) is 22.3. The Morgan fingerprint density at radius 3 is 2.39 bits per heavy atom. The molecule has 0 aromatic heterocycles. The molecule has 1 aliphatic carbocycles. The van der Waals surface area contributed by atoms with Gasteiger partial charge in [-0.15, -0.1) is 12.4 Å². The zero-order valence-electron chi connectivity index (χ0n) is 16.4. The minimum atomic E-state index is -0.407. The number of nitrogens with two attached hydrogens (primary N) is 1. The number of nitrogens with one attached hydrogen (secondary N) is 1. The molecule has 0 spiro atoms. The van der Waals surface area contributed by atoms with E-state index in [1.807, 2.05) is 36.4 Å². The van der Waals surface area contributed by atoms with Crippen LogP contribution in [0.5, 0.6) is 5.75 Å². The molecular weight excluding hydrogens is 372 g/mol. The normalized spacial score (nSPS) is 14.7. The van der Waals surface area contributed by atoms with Gasteiger partial charge >= 0.3 is 0 Å². The van der Waals surface area contributed by atoms with Crippen LogP contribution in [-0.4, -0.2) is 25.6 Å². The Morgan fingerprint density at radius 1 is 1.00 bits per heavy atom. The van der Waals surface area contributed by atoms with Gasteiger partial charge in [-0.05, 0) is 60.7 Å². The molecule has 4 nitrogen and oxygen atoms in total. The van der Waals surface area contributed by atoms with E-state index in [1.54, 1.807) is 12.1 Å². The molecule has 0 aliphatic heterocycles. The smallest absolute Gasteiger partial charge is 0.248 e. The topological polar surface area (TPSA) is 64.4 Å². The van der Waals surface area contributed by atoms with E-state index >= 15 is 0 Å². The minimum absolute atomic E-state index is 0. The maximum Gasteiger partial charge on any atom is 0.248 e. The molecule has 0 saturated heterocycles. The standard InChI is InChI=1S/C23H30N2O2.ClH/c24-23(26)20-12-10-19(11-13-20)21-8-5-9-22(16-21)27-15-14-25-17-18-6-3-1-2-4-7-18;/h5,8-13,16,18,25H,1-4,6-7,14-15,17H2,(H2,24,26);1H. The predicted octanol–water partition coefficient (Wildman–Crippen LogP) is 4.81. The SMILES string of the molecule is Cl.NC(=O)c1ccc(-c2cccc(OCCNCC3CCCCCC3)c2)cc1. The molecule has 1 saturated carbocycles. The Hall–Kier alpha value is -2.04. The lowest BCUT2D eigenvalue weighted by atomic mass is 10.0. The molecule has 0 heterocycles. The van der Waals surface area contributed by atoms with Crippen LogP contribution in [0.3, 0.4) is 0 Å². The van der Waals surface area contributed by atoms with E-state index in [0.29, 0.717) is 12.2 Å². The van der Waals surface area contributed by atoms with Gasteiger partial charge in [0.2, 0.25) is 5.91 Å². The summed E-state index contributed by atoms with van der Waals surface area (Å²) < 4.78 is 5.91. The van der Waals surface area contributed by atoms with Gasteiger partial charge in [-0.3, -0.25) is 4.79 Å². The van der Waals surface area contributed by atoms with Gasteiger partial charge < -0.3 is 15.8 Å². The van der Waals surface area contributed by atoms with Crippen molar-refractivity contribution in [2.75, 3.05) is 19.7 Å². The minimum Gasteiger partial charge on any atom is -0.492 e. The van der Waals surface area contributed by atoms with E-state index in [0.717, 1.165) is 35.9 Å². The molecule has 0 atom stereocenters. The lowest BCUT2D eigenvalue weighted by Gasteiger charge is -2.15. The van der Waals surface area contributed by atoms with E-state index in [1.165, 1.54) is 38.5 Å². The Morgan fingerprint density at radius 2 is 1.71 bits per heavy atom. The summed E-state index contributed by atoms with van der Waals surface area (Å²) in [5.41, 5.74) is 7.92. The van der Waals surface area contributed by atoms with Crippen molar-refractivity contribution in [3.8, 4) is 16.9 Å². The highest BCUT2D eigenvalue weighted by Gasteiger charge is 2.11. The van der Waals surface area contributed by atoms with Crippen molar-refractivity contribution in [2.24, 2.45) is 11.7 Å². The van der Waals surface area contributed by atoms with E-state index in [9.17, 15) is 4.79 Å². The Bertz CT molecular complexity index is 726. The van der Waals surface area contributed by atoms with Crippen LogP contribution in [0.4, 0.5) is 0 Å². The van der Waals surface area contributed by atoms with Crippen LogP contribution in [0.15, 0.2) is 48.5 Å². The van der Waals surface area contributed by atoms with Gasteiger partial charge in [0.05, 0.1) is 0 Å². The second-order valence-electron chi connectivity index (χ2n) is 7.38. The number of amides is 1. The molecule has 5 heteroatoms. The summed E-state index contributed by atoms with van der Waals surface area (Å²) in [7, 11) is 0. The molecular formula is C23H31ClN2O2. The fourth-order valence-corrected chi connectivity index (χ4v) is 3.71. The molecule has 28 heavy (non-hydrogen) atoms. The van der Waals surface area contributed by atoms with E-state index in [2.05, 4.69) is 5.32 Å². The second-order valence-corrected chi connectivity index (χ2v) is 7.38. The zero-order valence-corrected chi connectivity index (χ0v) is 17.2. The number of halogens is 1. The molecule has 3 rings (SSSR count). The van der Waals surface area contributed by atoms with Gasteiger partial charge in [0, 0.05) is 12.1 Å². The lowest BCUT2D eigenvalue weighted by Crippen LogP contribution is -2.27. The maximum atomic E-state index is 11.2. The van der Waals surface area contributed by atoms with E-state index in [4.69, 9.17) is 10.5 Å². The van der Waals surface area contributed by atoms with Gasteiger partial charge in [0.25, 0.3) is 0 Å². The molecule has 2 aromatic carbocycles. The Balaban J connectivity index is 0.00000280. The first-order valence-electron chi connectivity index (χ1n) is 10.1. The number of primary amides is 1. The van der Waals surface area contributed by atoms with Crippen LogP contribution in [0.2, 0.25) is 0 Å². The lowest BCUT2D eigenvalue weighted by molar-refractivity contribution is 0.100. The summed E-state index contributed by atoms with van der Waals surface area (Å²) in [5, 5.41) is 3.55. The average molecular weight is 403 g/mol. The quantitative estimate of drug-likeness (QED) is 0.491. The van der Waals surface area contributed by atoms with E-state index in [-0.39, 0.29) is 12.4 Å². The van der Waals surface area contributed by atoms with Crippen LogP contribution in [0, 0.1) is 5.92 Å². The van der Waals surface area contributed by atoms with Crippen LogP contribution in [0.1, 0.15) is 48.9 Å². The number of carbonyl (C=O) groups is 1. The molecule has 152 valence electrons. The maximum absolute atomic E-state index is 11.2. The highest BCUT2D eigenvalue weighted by molar-refractivity contribution is 5.93. The molecule has 3 N–H and O–H groups in total. The highest BCUT2D eigenvalue weighted by atomic mass is 35.5. The highest BCUT2D eigenvalue weighted by Crippen LogP contribution is 2.24. The number of hydrogen-bond acceptors (Lipinski definition) is 3. The fourth-order valence-electron chi connectivity index (χ4n) is 3.71. The molecule has 1 amide bonds. The van der Waals surface area contributed by atoms with Crippen LogP contribution < -0.4 is 15.8 Å². The third-order valence-electron chi connectivity index (χ3n) is 5.29. The van der Waals surface area contributed by atoms with Crippen molar-refractivity contribution in [3.63, 3.8) is 0 Å².